The lowest BCUT2D eigenvalue weighted by molar-refractivity contribution is 0.425. The summed E-state index contributed by atoms with van der Waals surface area (Å²) in [5.41, 5.74) is -0.130. The molecular formula is C8H12BN3O2. The topological polar surface area (TPSA) is 69.5 Å². The Morgan fingerprint density at radius 2 is 1.86 bits per heavy atom. The molecule has 0 aromatic carbocycles. The summed E-state index contributed by atoms with van der Waals surface area (Å²) in [5.74, 6) is -0.607. The van der Waals surface area contributed by atoms with Gasteiger partial charge in [0.1, 0.15) is 0 Å². The molecule has 0 unspecified atom stereocenters. The van der Waals surface area contributed by atoms with Gasteiger partial charge in [0, 0.05) is 41.8 Å². The average Bonchev–Trinajstić information content (AvgIpc) is 2.44. The minimum atomic E-state index is -3.18. The Labute approximate surface area is 93.8 Å². The zero-order chi connectivity index (χ0) is 17.1. The van der Waals surface area contributed by atoms with Crippen molar-refractivity contribution in [2.45, 2.75) is 12.7 Å². The molecule has 1 aromatic rings. The molecule has 1 aromatic heterocycles. The Bertz CT molecular complexity index is 555. The second-order valence-electron chi connectivity index (χ2n) is 2.50. The van der Waals surface area contributed by atoms with Crippen molar-refractivity contribution in [1.29, 1.82) is 0 Å². The van der Waals surface area contributed by atoms with E-state index in [1.54, 1.807) is 0 Å². The first kappa shape index (κ1) is 3.79. The van der Waals surface area contributed by atoms with Crippen LogP contribution in [0.2, 0.25) is 0 Å². The third-order valence-corrected chi connectivity index (χ3v) is 1.55. The van der Waals surface area contributed by atoms with Gasteiger partial charge in [-0.3, -0.25) is 0 Å². The molecule has 2 N–H and O–H groups in total. The third kappa shape index (κ3) is 1.86. The van der Waals surface area contributed by atoms with Gasteiger partial charge in [-0.05, 0) is 12.7 Å². The van der Waals surface area contributed by atoms with Gasteiger partial charge in [0.15, 0.2) is 0 Å². The van der Waals surface area contributed by atoms with Gasteiger partial charge in [0.25, 0.3) is 0 Å². The highest BCUT2D eigenvalue weighted by Crippen LogP contribution is 2.13. The molecule has 0 aliphatic carbocycles. The van der Waals surface area contributed by atoms with E-state index in [4.69, 9.17) is 21.0 Å². The van der Waals surface area contributed by atoms with Crippen LogP contribution in [0.1, 0.15) is 23.7 Å². The number of hydrogen-bond donors (Lipinski definition) is 2. The van der Waals surface area contributed by atoms with E-state index in [1.807, 2.05) is 0 Å². The fraction of sp³-hybridized carbons (Fsp3) is 0.500. The fourth-order valence-electron chi connectivity index (χ4n) is 0.876. The van der Waals surface area contributed by atoms with Crippen LogP contribution < -0.4 is 10.4 Å². The van der Waals surface area contributed by atoms with Crippen molar-refractivity contribution in [3.8, 4) is 0 Å². The van der Waals surface area contributed by atoms with Gasteiger partial charge in [-0.15, -0.1) is 0 Å². The van der Waals surface area contributed by atoms with Crippen LogP contribution in [-0.2, 0) is 0 Å². The van der Waals surface area contributed by atoms with Gasteiger partial charge < -0.3 is 14.9 Å². The predicted octanol–water partition coefficient (Wildman–Crippen LogP) is -1.24. The summed E-state index contributed by atoms with van der Waals surface area (Å²) in [5, 5.41) is 17.9. The monoisotopic (exact) mass is 201 g/mol. The number of rotatable bonds is 2. The molecular weight excluding hydrogens is 181 g/mol. The predicted molar refractivity (Wildman–Crippen MR) is 53.3 cm³/mol. The molecule has 1 fully saturated rings. The quantitative estimate of drug-likeness (QED) is 0.585. The van der Waals surface area contributed by atoms with Gasteiger partial charge in [-0.2, -0.15) is 0 Å². The van der Waals surface area contributed by atoms with Crippen LogP contribution in [-0.4, -0.2) is 40.1 Å². The standard InChI is InChI=1S/C8H12BN3O2/c13-9(14)7-5-10-8(11-6-7)12-3-1-2-4-12/h5-6,13-14H,1-4H2/i1D2,2D2,3D2,4D2. The van der Waals surface area contributed by atoms with Crippen LogP contribution in [0, 0.1) is 0 Å². The number of nitrogens with zero attached hydrogens (tertiary/aromatic N) is 3. The van der Waals surface area contributed by atoms with E-state index in [9.17, 15) is 0 Å². The molecule has 0 atom stereocenters. The summed E-state index contributed by atoms with van der Waals surface area (Å²) >= 11 is 0. The largest absolute Gasteiger partial charge is 0.491 e. The third-order valence-electron chi connectivity index (χ3n) is 1.55. The Kier molecular flexibility index (Phi) is 1.06. The van der Waals surface area contributed by atoms with Crippen LogP contribution >= 0.6 is 0 Å². The van der Waals surface area contributed by atoms with Gasteiger partial charge in [-0.1, -0.05) is 0 Å². The summed E-state index contributed by atoms with van der Waals surface area (Å²) in [6, 6.07) is 0. The summed E-state index contributed by atoms with van der Waals surface area (Å²) in [6.07, 6.45) is -4.55. The lowest BCUT2D eigenvalue weighted by Crippen LogP contribution is -2.31. The normalized spacial score (nSPS) is 38.9. The maximum absolute atomic E-state index is 8.95. The Morgan fingerprint density at radius 3 is 2.36 bits per heavy atom. The van der Waals surface area contributed by atoms with E-state index >= 15 is 0 Å². The first-order chi connectivity index (χ1) is 9.78. The van der Waals surface area contributed by atoms with Crippen molar-refractivity contribution in [3.63, 3.8) is 0 Å². The summed E-state index contributed by atoms with van der Waals surface area (Å²) in [6.45, 7) is -6.14. The van der Waals surface area contributed by atoms with Crippen LogP contribution in [0.15, 0.2) is 12.4 Å². The van der Waals surface area contributed by atoms with Crippen molar-refractivity contribution in [3.05, 3.63) is 12.4 Å². The lowest BCUT2D eigenvalue weighted by atomic mass is 9.83. The molecule has 1 aliphatic heterocycles. The van der Waals surface area contributed by atoms with Gasteiger partial charge in [0.2, 0.25) is 5.95 Å². The van der Waals surface area contributed by atoms with Crippen molar-refractivity contribution in [2.24, 2.45) is 0 Å². The summed E-state index contributed by atoms with van der Waals surface area (Å²) in [4.78, 5) is 7.36. The molecule has 0 spiro atoms. The van der Waals surface area contributed by atoms with E-state index in [0.29, 0.717) is 0 Å². The Balaban J connectivity index is 2.58. The lowest BCUT2D eigenvalue weighted by Gasteiger charge is -2.14. The van der Waals surface area contributed by atoms with Crippen LogP contribution in [0.25, 0.3) is 0 Å². The van der Waals surface area contributed by atoms with Gasteiger partial charge in [-0.25, -0.2) is 9.97 Å². The van der Waals surface area contributed by atoms with E-state index in [1.165, 1.54) is 0 Å². The average molecular weight is 201 g/mol. The van der Waals surface area contributed by atoms with Crippen LogP contribution in [0.3, 0.4) is 0 Å². The molecule has 2 heterocycles. The second kappa shape index (κ2) is 3.94. The minimum absolute atomic E-state index is 0.130. The highest BCUT2D eigenvalue weighted by molar-refractivity contribution is 6.58. The number of anilines is 1. The Morgan fingerprint density at radius 1 is 1.29 bits per heavy atom. The molecule has 0 saturated carbocycles. The van der Waals surface area contributed by atoms with Crippen LogP contribution in [0.5, 0.6) is 0 Å². The molecule has 14 heavy (non-hydrogen) atoms. The summed E-state index contributed by atoms with van der Waals surface area (Å²) in [7, 11) is -1.88. The first-order valence-electron chi connectivity index (χ1n) is 7.77. The molecule has 74 valence electrons. The maximum atomic E-state index is 8.95. The minimum Gasteiger partial charge on any atom is -0.423 e. The smallest absolute Gasteiger partial charge is 0.423 e. The van der Waals surface area contributed by atoms with Crippen LogP contribution in [0.4, 0.5) is 5.95 Å². The highest BCUT2D eigenvalue weighted by Gasteiger charge is 2.16. The first-order valence-corrected chi connectivity index (χ1v) is 3.77. The van der Waals surface area contributed by atoms with Crippen molar-refractivity contribution < 1.29 is 21.0 Å². The molecule has 2 rings (SSSR count). The van der Waals surface area contributed by atoms with E-state index in [2.05, 4.69) is 9.97 Å². The zero-order valence-electron chi connectivity index (χ0n) is 15.0. The molecule has 0 bridgehead atoms. The number of hydrogen-bond acceptors (Lipinski definition) is 5. The van der Waals surface area contributed by atoms with E-state index in [0.717, 1.165) is 12.4 Å². The van der Waals surface area contributed by atoms with Crippen molar-refractivity contribution in [2.75, 3.05) is 17.9 Å². The SMILES string of the molecule is [2H]C1([2H])N(c2ncc(B(O)O)cn2)C([2H])([2H])C([2H])([2H])C1([2H])[2H]. The molecule has 5 nitrogen and oxygen atoms in total. The Hall–Kier alpha value is -1.14. The van der Waals surface area contributed by atoms with Crippen molar-refractivity contribution in [1.82, 2.24) is 9.97 Å². The van der Waals surface area contributed by atoms with Gasteiger partial charge in [0.05, 0.1) is 0 Å². The molecule has 0 radical (unpaired) electrons. The highest BCUT2D eigenvalue weighted by atomic mass is 16.4. The zero-order valence-corrected chi connectivity index (χ0v) is 6.97. The van der Waals surface area contributed by atoms with E-state index < -0.39 is 38.8 Å². The van der Waals surface area contributed by atoms with Gasteiger partial charge >= 0.3 is 7.12 Å². The molecule has 0 amide bonds. The number of aromatic nitrogens is 2. The molecule has 6 heteroatoms. The summed E-state index contributed by atoms with van der Waals surface area (Å²) < 4.78 is 61.7. The van der Waals surface area contributed by atoms with Crippen molar-refractivity contribution >= 4 is 18.5 Å². The molecule has 1 saturated heterocycles. The van der Waals surface area contributed by atoms with E-state index in [-0.39, 0.29) is 10.4 Å². The fourth-order valence-corrected chi connectivity index (χ4v) is 0.876. The second-order valence-corrected chi connectivity index (χ2v) is 2.50. The molecule has 1 aliphatic rings. The maximum Gasteiger partial charge on any atom is 0.491 e.